The summed E-state index contributed by atoms with van der Waals surface area (Å²) in [4.78, 5) is 37.6. The Morgan fingerprint density at radius 3 is 2.52 bits per heavy atom. The quantitative estimate of drug-likeness (QED) is 0.546. The van der Waals surface area contributed by atoms with Crippen LogP contribution in [-0.4, -0.2) is 51.6 Å². The van der Waals surface area contributed by atoms with E-state index < -0.39 is 34.3 Å². The molecule has 0 fully saturated rings. The SMILES string of the molecule is CN(CC(=O)N1N=C(c2ccc(F)cc2)C[C@@H]1c1cccc([N+](=O)[O-])c1)C(=O)NC(C)(C)C. The van der Waals surface area contributed by atoms with E-state index in [0.29, 0.717) is 16.8 Å². The zero-order chi connectivity index (χ0) is 24.3. The van der Waals surface area contributed by atoms with Crippen molar-refractivity contribution in [3.05, 3.63) is 75.6 Å². The number of hydrogen-bond acceptors (Lipinski definition) is 5. The van der Waals surface area contributed by atoms with E-state index in [1.807, 2.05) is 20.8 Å². The number of carbonyl (C=O) groups is 2. The van der Waals surface area contributed by atoms with Gasteiger partial charge in [-0.05, 0) is 44.0 Å². The first kappa shape index (κ1) is 23.8. The second kappa shape index (κ2) is 9.35. The van der Waals surface area contributed by atoms with Crippen molar-refractivity contribution in [2.75, 3.05) is 13.6 Å². The Labute approximate surface area is 191 Å². The van der Waals surface area contributed by atoms with Gasteiger partial charge in [-0.15, -0.1) is 0 Å². The molecular formula is C23H26FN5O4. The Kier molecular flexibility index (Phi) is 6.75. The van der Waals surface area contributed by atoms with Crippen molar-refractivity contribution in [2.24, 2.45) is 5.10 Å². The van der Waals surface area contributed by atoms with Crippen molar-refractivity contribution in [3.63, 3.8) is 0 Å². The van der Waals surface area contributed by atoms with Crippen LogP contribution >= 0.6 is 0 Å². The molecule has 1 aliphatic rings. The largest absolute Gasteiger partial charge is 0.333 e. The molecule has 0 saturated carbocycles. The number of nitrogens with one attached hydrogen (secondary N) is 1. The van der Waals surface area contributed by atoms with Crippen LogP contribution in [0, 0.1) is 15.9 Å². The predicted octanol–water partition coefficient (Wildman–Crippen LogP) is 3.85. The smallest absolute Gasteiger partial charge is 0.318 e. The Balaban J connectivity index is 1.89. The number of nitro benzene ring substituents is 1. The predicted molar refractivity (Wildman–Crippen MR) is 121 cm³/mol. The number of nitrogens with zero attached hydrogens (tertiary/aromatic N) is 4. The first-order chi connectivity index (χ1) is 15.4. The summed E-state index contributed by atoms with van der Waals surface area (Å²) in [6.45, 7) is 5.25. The molecule has 0 saturated heterocycles. The number of amides is 3. The van der Waals surface area contributed by atoms with Crippen LogP contribution in [0.25, 0.3) is 0 Å². The van der Waals surface area contributed by atoms with Crippen molar-refractivity contribution < 1.29 is 18.9 Å². The molecule has 0 aliphatic carbocycles. The summed E-state index contributed by atoms with van der Waals surface area (Å²) in [6.07, 6.45) is 0.288. The fourth-order valence-corrected chi connectivity index (χ4v) is 3.43. The lowest BCUT2D eigenvalue weighted by Crippen LogP contribution is -2.49. The normalized spacial score (nSPS) is 15.7. The highest BCUT2D eigenvalue weighted by Gasteiger charge is 2.34. The standard InChI is InChI=1S/C23H26FN5O4/c1-23(2,3)25-22(31)27(4)14-21(30)28-20(16-6-5-7-18(12-16)29(32)33)13-19(26-28)15-8-10-17(24)11-9-15/h5-12,20H,13-14H2,1-4H3,(H,25,31)/t20-/m1/s1. The highest BCUT2D eigenvalue weighted by atomic mass is 19.1. The molecule has 174 valence electrons. The van der Waals surface area contributed by atoms with E-state index in [-0.39, 0.29) is 18.7 Å². The molecule has 0 bridgehead atoms. The van der Waals surface area contributed by atoms with Gasteiger partial charge in [-0.1, -0.05) is 24.3 Å². The zero-order valence-corrected chi connectivity index (χ0v) is 18.9. The maximum atomic E-state index is 13.4. The minimum atomic E-state index is -0.600. The third-order valence-corrected chi connectivity index (χ3v) is 5.01. The number of hydrazone groups is 1. The first-order valence-electron chi connectivity index (χ1n) is 10.4. The Morgan fingerprint density at radius 2 is 1.91 bits per heavy atom. The monoisotopic (exact) mass is 455 g/mol. The van der Waals surface area contributed by atoms with Gasteiger partial charge < -0.3 is 10.2 Å². The van der Waals surface area contributed by atoms with Gasteiger partial charge in [0.25, 0.3) is 11.6 Å². The van der Waals surface area contributed by atoms with Crippen LogP contribution in [0.2, 0.25) is 0 Å². The van der Waals surface area contributed by atoms with Crippen LogP contribution in [-0.2, 0) is 4.79 Å². The number of likely N-dealkylation sites (N-methyl/N-ethyl adjacent to an activating group) is 1. The molecule has 1 aliphatic heterocycles. The number of benzene rings is 2. The third kappa shape index (κ3) is 5.91. The van der Waals surface area contributed by atoms with E-state index in [9.17, 15) is 24.1 Å². The molecule has 3 amide bonds. The molecule has 0 radical (unpaired) electrons. The molecule has 0 spiro atoms. The van der Waals surface area contributed by atoms with Crippen LogP contribution in [0.3, 0.4) is 0 Å². The average molecular weight is 455 g/mol. The van der Waals surface area contributed by atoms with Gasteiger partial charge in [0.15, 0.2) is 0 Å². The van der Waals surface area contributed by atoms with Gasteiger partial charge >= 0.3 is 6.03 Å². The number of urea groups is 1. The van der Waals surface area contributed by atoms with E-state index in [1.54, 1.807) is 24.3 Å². The van der Waals surface area contributed by atoms with E-state index >= 15 is 0 Å². The molecule has 1 N–H and O–H groups in total. The Hall–Kier alpha value is -3.82. The van der Waals surface area contributed by atoms with Crippen molar-refractivity contribution in [2.45, 2.75) is 38.8 Å². The summed E-state index contributed by atoms with van der Waals surface area (Å²) in [7, 11) is 1.50. The summed E-state index contributed by atoms with van der Waals surface area (Å²) in [5.74, 6) is -0.845. The second-order valence-electron chi connectivity index (χ2n) is 8.90. The van der Waals surface area contributed by atoms with Crippen LogP contribution in [0.15, 0.2) is 53.6 Å². The molecule has 3 rings (SSSR count). The van der Waals surface area contributed by atoms with Gasteiger partial charge in [-0.2, -0.15) is 5.10 Å². The molecule has 10 heteroatoms. The molecule has 2 aromatic rings. The lowest BCUT2D eigenvalue weighted by atomic mass is 9.98. The molecule has 1 heterocycles. The average Bonchev–Trinajstić information content (AvgIpc) is 3.18. The number of halogens is 1. The molecule has 33 heavy (non-hydrogen) atoms. The molecule has 2 aromatic carbocycles. The van der Waals surface area contributed by atoms with Gasteiger partial charge in [0.1, 0.15) is 12.4 Å². The van der Waals surface area contributed by atoms with Gasteiger partial charge in [-0.3, -0.25) is 14.9 Å². The van der Waals surface area contributed by atoms with E-state index in [0.717, 1.165) is 0 Å². The first-order valence-corrected chi connectivity index (χ1v) is 10.4. The summed E-state index contributed by atoms with van der Waals surface area (Å²) >= 11 is 0. The van der Waals surface area contributed by atoms with Crippen molar-refractivity contribution in [1.82, 2.24) is 15.2 Å². The summed E-state index contributed by atoms with van der Waals surface area (Å²) < 4.78 is 13.4. The second-order valence-corrected chi connectivity index (χ2v) is 8.90. The lowest BCUT2D eigenvalue weighted by Gasteiger charge is -2.27. The van der Waals surface area contributed by atoms with Crippen molar-refractivity contribution in [3.8, 4) is 0 Å². The van der Waals surface area contributed by atoms with Gasteiger partial charge in [0, 0.05) is 31.1 Å². The molecule has 9 nitrogen and oxygen atoms in total. The van der Waals surface area contributed by atoms with Gasteiger partial charge in [0.05, 0.1) is 16.7 Å². The maximum Gasteiger partial charge on any atom is 0.318 e. The number of hydrogen-bond donors (Lipinski definition) is 1. The van der Waals surface area contributed by atoms with Gasteiger partial charge in [0.2, 0.25) is 0 Å². The Morgan fingerprint density at radius 1 is 1.24 bits per heavy atom. The minimum absolute atomic E-state index is 0.100. The highest BCUT2D eigenvalue weighted by molar-refractivity contribution is 6.03. The van der Waals surface area contributed by atoms with Crippen molar-refractivity contribution >= 4 is 23.3 Å². The number of nitro groups is 1. The minimum Gasteiger partial charge on any atom is -0.333 e. The van der Waals surface area contributed by atoms with E-state index in [4.69, 9.17) is 0 Å². The molecule has 0 unspecified atom stereocenters. The van der Waals surface area contributed by atoms with E-state index in [1.165, 1.54) is 41.2 Å². The number of rotatable bonds is 5. The number of carbonyl (C=O) groups excluding carboxylic acids is 2. The van der Waals surface area contributed by atoms with Crippen LogP contribution in [0.1, 0.15) is 44.4 Å². The third-order valence-electron chi connectivity index (χ3n) is 5.01. The Bertz CT molecular complexity index is 1090. The fourth-order valence-electron chi connectivity index (χ4n) is 3.43. The zero-order valence-electron chi connectivity index (χ0n) is 18.9. The van der Waals surface area contributed by atoms with Crippen LogP contribution in [0.4, 0.5) is 14.9 Å². The topological polar surface area (TPSA) is 108 Å². The highest BCUT2D eigenvalue weighted by Crippen LogP contribution is 2.34. The van der Waals surface area contributed by atoms with E-state index in [2.05, 4.69) is 10.4 Å². The lowest BCUT2D eigenvalue weighted by molar-refractivity contribution is -0.385. The molecule has 0 aromatic heterocycles. The van der Waals surface area contributed by atoms with Crippen molar-refractivity contribution in [1.29, 1.82) is 0 Å². The fraction of sp³-hybridized carbons (Fsp3) is 0.348. The molecule has 1 atom stereocenters. The number of non-ortho nitro benzene ring substituents is 1. The van der Waals surface area contributed by atoms with Crippen LogP contribution < -0.4 is 5.32 Å². The summed E-state index contributed by atoms with van der Waals surface area (Å²) in [5.41, 5.74) is 1.15. The van der Waals surface area contributed by atoms with Crippen LogP contribution in [0.5, 0.6) is 0 Å². The maximum absolute atomic E-state index is 13.4. The van der Waals surface area contributed by atoms with Gasteiger partial charge in [-0.25, -0.2) is 14.2 Å². The molecular weight excluding hydrogens is 429 g/mol. The summed E-state index contributed by atoms with van der Waals surface area (Å²) in [5, 5.41) is 19.7. The summed E-state index contributed by atoms with van der Waals surface area (Å²) in [6, 6.07) is 10.7.